The fourth-order valence-corrected chi connectivity index (χ4v) is 2.83. The van der Waals surface area contributed by atoms with Gasteiger partial charge in [0.05, 0.1) is 17.6 Å². The zero-order valence-electron chi connectivity index (χ0n) is 10.0. The zero-order valence-corrected chi connectivity index (χ0v) is 10.9. The molecule has 0 aromatic carbocycles. The first-order valence-electron chi connectivity index (χ1n) is 5.36. The molecule has 0 fully saturated rings. The van der Waals surface area contributed by atoms with Crippen molar-refractivity contribution in [2.24, 2.45) is 0 Å². The number of sulfone groups is 1. The third kappa shape index (κ3) is 7.62. The van der Waals surface area contributed by atoms with Gasteiger partial charge in [0.25, 0.3) is 0 Å². The number of nitrogens with one attached hydrogen (secondary N) is 1. The van der Waals surface area contributed by atoms with Gasteiger partial charge < -0.3 is 10.4 Å². The summed E-state index contributed by atoms with van der Waals surface area (Å²) in [6.07, 6.45) is 1.03. The second-order valence-electron chi connectivity index (χ2n) is 3.82. The molecule has 0 rings (SSSR count). The van der Waals surface area contributed by atoms with Crippen LogP contribution in [0.4, 0.5) is 0 Å². The maximum Gasteiger partial charge on any atom is 0.327 e. The molecular weight excluding hydrogens is 260 g/mol. The van der Waals surface area contributed by atoms with Crippen LogP contribution in [0.25, 0.3) is 0 Å². The summed E-state index contributed by atoms with van der Waals surface area (Å²) in [5.74, 6) is -2.79. The Bertz CT molecular complexity index is 438. The molecule has 0 aromatic heterocycles. The predicted octanol–water partition coefficient (Wildman–Crippen LogP) is -0.316. The minimum Gasteiger partial charge on any atom is -0.480 e. The van der Waals surface area contributed by atoms with Crippen molar-refractivity contribution in [3.63, 3.8) is 0 Å². The molecule has 0 radical (unpaired) electrons. The Morgan fingerprint density at radius 2 is 2.00 bits per heavy atom. The Morgan fingerprint density at radius 1 is 1.39 bits per heavy atom. The highest BCUT2D eigenvalue weighted by atomic mass is 32.2. The molecule has 0 saturated carbocycles. The van der Waals surface area contributed by atoms with Crippen LogP contribution in [0.5, 0.6) is 0 Å². The van der Waals surface area contributed by atoms with Gasteiger partial charge in [0.15, 0.2) is 9.84 Å². The van der Waals surface area contributed by atoms with Crippen LogP contribution in [0.2, 0.25) is 0 Å². The number of unbranched alkanes of at least 4 members (excludes halogenated alkanes) is 2. The molecule has 0 aromatic rings. The van der Waals surface area contributed by atoms with Gasteiger partial charge in [0, 0.05) is 13.3 Å². The topological polar surface area (TPSA) is 124 Å². The van der Waals surface area contributed by atoms with Crippen molar-refractivity contribution in [3.8, 4) is 6.07 Å². The molecule has 7 nitrogen and oxygen atoms in total. The van der Waals surface area contributed by atoms with Crippen LogP contribution in [-0.4, -0.2) is 42.9 Å². The van der Waals surface area contributed by atoms with Gasteiger partial charge in [0.1, 0.15) is 6.04 Å². The van der Waals surface area contributed by atoms with Gasteiger partial charge in [-0.15, -0.1) is 0 Å². The van der Waals surface area contributed by atoms with Gasteiger partial charge in [0.2, 0.25) is 5.91 Å². The molecule has 1 amide bonds. The molecule has 0 aliphatic rings. The average molecular weight is 276 g/mol. The van der Waals surface area contributed by atoms with E-state index in [0.717, 1.165) is 6.92 Å². The number of hydrogen-bond acceptors (Lipinski definition) is 5. The van der Waals surface area contributed by atoms with Crippen LogP contribution in [-0.2, 0) is 19.4 Å². The standard InChI is InChI=1S/C10H16N2O5S/c1-8(13)12-9(10(14)15)7-18(16,17)6-4-2-3-5-11/h9H,2-4,6-7H2,1H3,(H,12,13)(H,14,15). The van der Waals surface area contributed by atoms with Crippen molar-refractivity contribution in [2.75, 3.05) is 11.5 Å². The van der Waals surface area contributed by atoms with E-state index in [1.165, 1.54) is 0 Å². The number of carboxylic acids is 1. The van der Waals surface area contributed by atoms with E-state index >= 15 is 0 Å². The fraction of sp³-hybridized carbons (Fsp3) is 0.700. The predicted molar refractivity (Wildman–Crippen MR) is 63.4 cm³/mol. The summed E-state index contributed by atoms with van der Waals surface area (Å²) >= 11 is 0. The summed E-state index contributed by atoms with van der Waals surface area (Å²) in [7, 11) is -3.56. The Kier molecular flexibility index (Phi) is 6.97. The van der Waals surface area contributed by atoms with Gasteiger partial charge in [-0.3, -0.25) is 4.79 Å². The van der Waals surface area contributed by atoms with Crippen molar-refractivity contribution >= 4 is 21.7 Å². The quantitative estimate of drug-likeness (QED) is 0.586. The molecule has 1 unspecified atom stereocenters. The lowest BCUT2D eigenvalue weighted by Crippen LogP contribution is -2.44. The number of aliphatic carboxylic acids is 1. The molecule has 0 aliphatic carbocycles. The van der Waals surface area contributed by atoms with E-state index in [-0.39, 0.29) is 12.2 Å². The highest BCUT2D eigenvalue weighted by molar-refractivity contribution is 7.91. The van der Waals surface area contributed by atoms with E-state index in [1.807, 2.05) is 6.07 Å². The molecular formula is C10H16N2O5S. The van der Waals surface area contributed by atoms with Gasteiger partial charge in [-0.25, -0.2) is 13.2 Å². The Balaban J connectivity index is 4.38. The monoisotopic (exact) mass is 276 g/mol. The Hall–Kier alpha value is -1.62. The molecule has 8 heteroatoms. The number of carbonyl (C=O) groups is 2. The minimum atomic E-state index is -3.56. The normalized spacial score (nSPS) is 12.4. The first kappa shape index (κ1) is 16.4. The molecule has 1 atom stereocenters. The van der Waals surface area contributed by atoms with Crippen LogP contribution in [0.3, 0.4) is 0 Å². The van der Waals surface area contributed by atoms with Crippen LogP contribution in [0.15, 0.2) is 0 Å². The van der Waals surface area contributed by atoms with E-state index in [0.29, 0.717) is 12.8 Å². The summed E-state index contributed by atoms with van der Waals surface area (Å²) in [6.45, 7) is 1.12. The van der Waals surface area contributed by atoms with E-state index in [9.17, 15) is 18.0 Å². The molecule has 0 spiro atoms. The molecule has 0 bridgehead atoms. The lowest BCUT2D eigenvalue weighted by molar-refractivity contribution is -0.140. The Morgan fingerprint density at radius 3 is 2.44 bits per heavy atom. The van der Waals surface area contributed by atoms with Crippen LogP contribution < -0.4 is 5.32 Å². The first-order chi connectivity index (χ1) is 8.28. The third-order valence-corrected chi connectivity index (χ3v) is 3.84. The maximum absolute atomic E-state index is 11.6. The number of nitrogens with zero attached hydrogens (tertiary/aromatic N) is 1. The fourth-order valence-electron chi connectivity index (χ4n) is 1.28. The van der Waals surface area contributed by atoms with Crippen molar-refractivity contribution < 1.29 is 23.1 Å². The highest BCUT2D eigenvalue weighted by Gasteiger charge is 2.25. The van der Waals surface area contributed by atoms with E-state index in [2.05, 4.69) is 5.32 Å². The second kappa shape index (κ2) is 7.66. The van der Waals surface area contributed by atoms with E-state index in [4.69, 9.17) is 10.4 Å². The minimum absolute atomic E-state index is 0.182. The first-order valence-corrected chi connectivity index (χ1v) is 7.18. The maximum atomic E-state index is 11.6. The molecule has 0 aliphatic heterocycles. The van der Waals surface area contributed by atoms with Gasteiger partial charge in [-0.1, -0.05) is 0 Å². The number of carboxylic acid groups (broad SMARTS) is 1. The second-order valence-corrected chi connectivity index (χ2v) is 6.05. The lowest BCUT2D eigenvalue weighted by Gasteiger charge is -2.13. The van der Waals surface area contributed by atoms with Crippen molar-refractivity contribution in [2.45, 2.75) is 32.2 Å². The SMILES string of the molecule is CC(=O)NC(CS(=O)(=O)CCCCC#N)C(=O)O. The summed E-state index contributed by atoms with van der Waals surface area (Å²) in [5, 5.41) is 19.1. The molecule has 0 saturated heterocycles. The molecule has 2 N–H and O–H groups in total. The number of nitriles is 1. The highest BCUT2D eigenvalue weighted by Crippen LogP contribution is 2.02. The summed E-state index contributed by atoms with van der Waals surface area (Å²) < 4.78 is 23.2. The lowest BCUT2D eigenvalue weighted by atomic mass is 10.3. The third-order valence-electron chi connectivity index (χ3n) is 2.09. The van der Waals surface area contributed by atoms with Crippen molar-refractivity contribution in [1.82, 2.24) is 5.32 Å². The summed E-state index contributed by atoms with van der Waals surface area (Å²) in [5.41, 5.74) is 0. The Labute approximate surface area is 106 Å². The van der Waals surface area contributed by atoms with Crippen LogP contribution in [0, 0.1) is 11.3 Å². The van der Waals surface area contributed by atoms with Gasteiger partial charge in [-0.2, -0.15) is 5.26 Å². The number of amides is 1. The van der Waals surface area contributed by atoms with Gasteiger partial charge >= 0.3 is 5.97 Å². The van der Waals surface area contributed by atoms with Gasteiger partial charge in [-0.05, 0) is 12.8 Å². The van der Waals surface area contributed by atoms with Crippen molar-refractivity contribution in [3.05, 3.63) is 0 Å². The number of rotatable bonds is 8. The molecule has 0 heterocycles. The van der Waals surface area contributed by atoms with E-state index < -0.39 is 33.5 Å². The smallest absolute Gasteiger partial charge is 0.327 e. The molecule has 102 valence electrons. The summed E-state index contributed by atoms with van der Waals surface area (Å²) in [6, 6.07) is 0.466. The van der Waals surface area contributed by atoms with Crippen molar-refractivity contribution in [1.29, 1.82) is 5.26 Å². The zero-order chi connectivity index (χ0) is 14.2. The number of hydrogen-bond donors (Lipinski definition) is 2. The van der Waals surface area contributed by atoms with Crippen LogP contribution >= 0.6 is 0 Å². The number of carbonyl (C=O) groups excluding carboxylic acids is 1. The van der Waals surface area contributed by atoms with Crippen LogP contribution in [0.1, 0.15) is 26.2 Å². The van der Waals surface area contributed by atoms with E-state index in [1.54, 1.807) is 0 Å². The molecule has 18 heavy (non-hydrogen) atoms. The average Bonchev–Trinajstić information content (AvgIpc) is 2.22. The summed E-state index contributed by atoms with van der Waals surface area (Å²) in [4.78, 5) is 21.5. The largest absolute Gasteiger partial charge is 0.480 e.